The molecule has 0 fully saturated rings. The van der Waals surface area contributed by atoms with Crippen molar-refractivity contribution >= 4 is 21.9 Å². The van der Waals surface area contributed by atoms with E-state index in [1.54, 1.807) is 24.4 Å². The molecule has 25 heavy (non-hydrogen) atoms. The van der Waals surface area contributed by atoms with Gasteiger partial charge in [0.05, 0.1) is 5.56 Å². The molecule has 3 heteroatoms. The van der Waals surface area contributed by atoms with Gasteiger partial charge in [0, 0.05) is 34.5 Å². The molecule has 0 amide bonds. The Morgan fingerprint density at radius 3 is 2.76 bits per heavy atom. The van der Waals surface area contributed by atoms with Gasteiger partial charge in [0.15, 0.2) is 6.20 Å². The summed E-state index contributed by atoms with van der Waals surface area (Å²) in [5.74, 6) is -2.13. The summed E-state index contributed by atoms with van der Waals surface area (Å²) >= 11 is 0. The number of hydrogen-bond donors (Lipinski definition) is 0. The Balaban J connectivity index is 2.03. The molecule has 0 bridgehead atoms. The fourth-order valence-electron chi connectivity index (χ4n) is 3.28. The predicted octanol–water partition coefficient (Wildman–Crippen LogP) is 5.65. The Labute approximate surface area is 152 Å². The zero-order valence-electron chi connectivity index (χ0n) is 18.4. The Kier molecular flexibility index (Phi) is 2.69. The number of nitrogens with zero attached hydrogens (tertiary/aromatic N) is 1. The van der Waals surface area contributed by atoms with Crippen molar-refractivity contribution in [2.75, 3.05) is 0 Å². The van der Waals surface area contributed by atoms with Crippen molar-refractivity contribution in [3.63, 3.8) is 0 Å². The molecule has 0 aliphatic carbocycles. The minimum absolute atomic E-state index is 0.370. The molecule has 0 aliphatic rings. The minimum atomic E-state index is -2.47. The number of pyridine rings is 1. The van der Waals surface area contributed by atoms with Crippen molar-refractivity contribution in [3.8, 4) is 11.3 Å². The molecule has 0 N–H and O–H groups in total. The molecule has 0 spiro atoms. The zero-order valence-corrected chi connectivity index (χ0v) is 14.4. The van der Waals surface area contributed by atoms with Gasteiger partial charge in [-0.05, 0) is 36.1 Å². The predicted molar refractivity (Wildman–Crippen MR) is 99.1 cm³/mol. The number of aryl methyl sites for hydroxylation is 2. The molecule has 2 nitrogen and oxygen atoms in total. The summed E-state index contributed by atoms with van der Waals surface area (Å²) in [6.45, 7) is 0.873. The van der Waals surface area contributed by atoms with Crippen molar-refractivity contribution in [1.82, 2.24) is 0 Å². The van der Waals surface area contributed by atoms with E-state index in [1.165, 1.54) is 19.1 Å². The van der Waals surface area contributed by atoms with E-state index in [2.05, 4.69) is 0 Å². The van der Waals surface area contributed by atoms with Gasteiger partial charge in [0.2, 0.25) is 5.69 Å². The Hall–Kier alpha value is -2.68. The molecule has 126 valence electrons. The molecule has 0 saturated carbocycles. The van der Waals surface area contributed by atoms with E-state index in [0.29, 0.717) is 16.7 Å². The summed E-state index contributed by atoms with van der Waals surface area (Å²) in [6.07, 6.45) is 1.75. The highest BCUT2D eigenvalue weighted by Crippen LogP contribution is 2.37. The number of hydrogen-bond acceptors (Lipinski definition) is 1. The van der Waals surface area contributed by atoms with Gasteiger partial charge in [-0.25, -0.2) is 8.96 Å². The van der Waals surface area contributed by atoms with Crippen LogP contribution in [0.1, 0.15) is 36.3 Å². The van der Waals surface area contributed by atoms with E-state index in [-0.39, 0.29) is 5.82 Å². The molecule has 4 rings (SSSR count). The van der Waals surface area contributed by atoms with Crippen LogP contribution in [-0.2, 0) is 7.05 Å². The Morgan fingerprint density at radius 1 is 1.16 bits per heavy atom. The lowest BCUT2D eigenvalue weighted by Crippen LogP contribution is -2.31. The molecule has 0 aliphatic heterocycles. The third kappa shape index (κ3) is 2.51. The van der Waals surface area contributed by atoms with Crippen LogP contribution in [0.4, 0.5) is 4.39 Å². The van der Waals surface area contributed by atoms with Crippen LogP contribution in [0.5, 0.6) is 0 Å². The van der Waals surface area contributed by atoms with Gasteiger partial charge in [-0.3, -0.25) is 0 Å². The summed E-state index contributed by atoms with van der Waals surface area (Å²) in [7, 11) is 1.86. The van der Waals surface area contributed by atoms with Gasteiger partial charge < -0.3 is 4.42 Å². The van der Waals surface area contributed by atoms with Crippen molar-refractivity contribution in [2.45, 2.75) is 26.6 Å². The van der Waals surface area contributed by atoms with Gasteiger partial charge >= 0.3 is 0 Å². The molecule has 0 radical (unpaired) electrons. The van der Waals surface area contributed by atoms with E-state index < -0.39 is 12.7 Å². The molecule has 1 unspecified atom stereocenters. The fourth-order valence-corrected chi connectivity index (χ4v) is 3.28. The topological polar surface area (TPSA) is 17.0 Å². The number of rotatable bonds is 2. The largest absolute Gasteiger partial charge is 0.455 e. The molecular weight excluding hydrogens is 313 g/mol. The monoisotopic (exact) mass is 338 g/mol. The molecule has 2 aromatic heterocycles. The highest BCUT2D eigenvalue weighted by atomic mass is 19.1. The van der Waals surface area contributed by atoms with Gasteiger partial charge in [-0.2, -0.15) is 0 Å². The first-order chi connectivity index (χ1) is 13.5. The van der Waals surface area contributed by atoms with Crippen LogP contribution in [0.25, 0.3) is 33.2 Å². The van der Waals surface area contributed by atoms with Crippen LogP contribution in [0.3, 0.4) is 0 Å². The second-order valence-electron chi connectivity index (χ2n) is 6.41. The number of benzene rings is 2. The molecule has 0 saturated heterocycles. The average Bonchev–Trinajstić information content (AvgIpc) is 2.98. The van der Waals surface area contributed by atoms with Crippen LogP contribution in [0.2, 0.25) is 0 Å². The van der Waals surface area contributed by atoms with Crippen molar-refractivity contribution in [2.24, 2.45) is 7.05 Å². The van der Waals surface area contributed by atoms with Gasteiger partial charge in [-0.1, -0.05) is 25.9 Å². The lowest BCUT2D eigenvalue weighted by molar-refractivity contribution is -0.660. The minimum Gasteiger partial charge on any atom is -0.455 e. The van der Waals surface area contributed by atoms with Crippen LogP contribution in [0, 0.1) is 12.7 Å². The third-order valence-corrected chi connectivity index (χ3v) is 4.65. The zero-order chi connectivity index (χ0) is 21.1. The van der Waals surface area contributed by atoms with Crippen molar-refractivity contribution in [1.29, 1.82) is 0 Å². The summed E-state index contributed by atoms with van der Waals surface area (Å²) in [5, 5.41) is 1.67. The fraction of sp³-hybridized carbons (Fsp3) is 0.227. The lowest BCUT2D eigenvalue weighted by atomic mass is 9.97. The molecule has 4 aromatic rings. The normalized spacial score (nSPS) is 17.0. The first-order valence-corrected chi connectivity index (χ1v) is 8.12. The second-order valence-corrected chi connectivity index (χ2v) is 6.41. The smallest absolute Gasteiger partial charge is 0.216 e. The highest BCUT2D eigenvalue weighted by Gasteiger charge is 2.21. The standard InChI is InChI=1S/C22H21FNO/c1-13(2)15-9-10-24(4)19(11-15)21-14(3)5-7-18-17-8-6-16(23)12-20(17)25-22(18)21/h5-13H,1-4H3/q+1/i1D3,13D. The first-order valence-electron chi connectivity index (χ1n) is 10.1. The number of halogens is 1. The van der Waals surface area contributed by atoms with Gasteiger partial charge in [-0.15, -0.1) is 0 Å². The van der Waals surface area contributed by atoms with E-state index in [9.17, 15) is 4.39 Å². The first kappa shape index (κ1) is 11.8. The summed E-state index contributed by atoms with van der Waals surface area (Å²) in [4.78, 5) is 0. The van der Waals surface area contributed by atoms with Crippen molar-refractivity contribution < 1.29 is 18.9 Å². The maximum absolute atomic E-state index is 13.7. The Bertz CT molecular complexity index is 1260. The molecule has 2 aromatic carbocycles. The van der Waals surface area contributed by atoms with Crippen LogP contribution >= 0.6 is 0 Å². The molecule has 1 atom stereocenters. The third-order valence-electron chi connectivity index (χ3n) is 4.65. The molecule has 2 heterocycles. The van der Waals surface area contributed by atoms with Crippen LogP contribution < -0.4 is 4.57 Å². The van der Waals surface area contributed by atoms with Gasteiger partial charge in [0.1, 0.15) is 24.0 Å². The quantitative estimate of drug-likeness (QED) is 0.432. The van der Waals surface area contributed by atoms with Crippen molar-refractivity contribution in [3.05, 3.63) is 65.6 Å². The SMILES string of the molecule is [2H]C([2H])([2H])C([2H])(C)c1cc[n+](C)c(-c2c(C)ccc3c2oc2cc(F)ccc23)c1. The summed E-state index contributed by atoms with van der Waals surface area (Å²) in [5.41, 5.74) is 3.92. The summed E-state index contributed by atoms with van der Waals surface area (Å²) < 4.78 is 53.3. The van der Waals surface area contributed by atoms with E-state index in [0.717, 1.165) is 27.6 Å². The second kappa shape index (κ2) is 5.69. The van der Waals surface area contributed by atoms with Gasteiger partial charge in [0.25, 0.3) is 0 Å². The maximum Gasteiger partial charge on any atom is 0.216 e. The van der Waals surface area contributed by atoms with E-state index in [1.807, 2.05) is 30.7 Å². The maximum atomic E-state index is 13.7. The lowest BCUT2D eigenvalue weighted by Gasteiger charge is -2.09. The number of furan rings is 1. The molecular formula is C22H21FNO+. The van der Waals surface area contributed by atoms with Crippen LogP contribution in [-0.4, -0.2) is 0 Å². The summed E-state index contributed by atoms with van der Waals surface area (Å²) in [6, 6.07) is 11.8. The highest BCUT2D eigenvalue weighted by molar-refractivity contribution is 6.09. The Morgan fingerprint density at radius 2 is 1.96 bits per heavy atom. The number of fused-ring (bicyclic) bond motifs is 3. The van der Waals surface area contributed by atoms with Crippen LogP contribution in [0.15, 0.2) is 53.1 Å². The van der Waals surface area contributed by atoms with E-state index >= 15 is 0 Å². The van der Waals surface area contributed by atoms with E-state index in [4.69, 9.17) is 9.90 Å². The number of aromatic nitrogens is 1. The average molecular weight is 338 g/mol.